The van der Waals surface area contributed by atoms with Gasteiger partial charge in [0.1, 0.15) is 0 Å². The highest BCUT2D eigenvalue weighted by Crippen LogP contribution is 2.20. The number of hydrogen-bond acceptors (Lipinski definition) is 3. The Balaban J connectivity index is 1.60. The van der Waals surface area contributed by atoms with Crippen molar-refractivity contribution in [3.05, 3.63) is 70.2 Å². The summed E-state index contributed by atoms with van der Waals surface area (Å²) in [5, 5.41) is 0. The van der Waals surface area contributed by atoms with E-state index >= 15 is 0 Å². The number of sulfonamides is 1. The van der Waals surface area contributed by atoms with Gasteiger partial charge in [-0.3, -0.25) is 4.79 Å². The van der Waals surface area contributed by atoms with Crippen LogP contribution in [0.25, 0.3) is 6.08 Å². The molecule has 1 aliphatic rings. The van der Waals surface area contributed by atoms with Gasteiger partial charge in [-0.25, -0.2) is 8.42 Å². The number of nitrogens with zero attached hydrogens (tertiary/aromatic N) is 2. The lowest BCUT2D eigenvalue weighted by Gasteiger charge is -2.33. The van der Waals surface area contributed by atoms with Crippen molar-refractivity contribution in [1.29, 1.82) is 0 Å². The van der Waals surface area contributed by atoms with Crippen LogP contribution in [-0.4, -0.2) is 49.7 Å². The van der Waals surface area contributed by atoms with Crippen molar-refractivity contribution in [3.8, 4) is 0 Å². The van der Waals surface area contributed by atoms with Crippen molar-refractivity contribution in [2.45, 2.75) is 11.8 Å². The fraction of sp³-hybridized carbons (Fsp3) is 0.250. The largest absolute Gasteiger partial charge is 0.337 e. The summed E-state index contributed by atoms with van der Waals surface area (Å²) in [6.07, 6.45) is 3.33. The third-order valence-electron chi connectivity index (χ3n) is 4.50. The van der Waals surface area contributed by atoms with Gasteiger partial charge in [0.05, 0.1) is 4.90 Å². The van der Waals surface area contributed by atoms with Gasteiger partial charge in [0.2, 0.25) is 15.9 Å². The van der Waals surface area contributed by atoms with Crippen LogP contribution in [0.5, 0.6) is 0 Å². The summed E-state index contributed by atoms with van der Waals surface area (Å²) in [7, 11) is -3.53. The van der Waals surface area contributed by atoms with Gasteiger partial charge < -0.3 is 4.90 Å². The highest BCUT2D eigenvalue weighted by atomic mass is 79.9. The van der Waals surface area contributed by atoms with E-state index in [0.717, 1.165) is 10.0 Å². The maximum atomic E-state index is 12.7. The van der Waals surface area contributed by atoms with Crippen LogP contribution in [0.3, 0.4) is 0 Å². The molecule has 0 unspecified atom stereocenters. The van der Waals surface area contributed by atoms with Crippen molar-refractivity contribution in [2.75, 3.05) is 26.2 Å². The highest BCUT2D eigenvalue weighted by molar-refractivity contribution is 9.10. The number of amides is 1. The fourth-order valence-electron chi connectivity index (χ4n) is 2.85. The molecule has 0 N–H and O–H groups in total. The second kappa shape index (κ2) is 8.37. The van der Waals surface area contributed by atoms with Crippen molar-refractivity contribution < 1.29 is 13.2 Å². The molecule has 1 aliphatic heterocycles. The molecule has 5 nitrogen and oxygen atoms in total. The SMILES string of the molecule is Cc1ccc(/C=C/C(=O)N2CCN(S(=O)(=O)c3ccc(Br)cc3)CC2)cc1. The molecule has 0 bridgehead atoms. The van der Waals surface area contributed by atoms with E-state index in [4.69, 9.17) is 0 Å². The molecule has 0 aromatic heterocycles. The van der Waals surface area contributed by atoms with Gasteiger partial charge in [-0.1, -0.05) is 45.8 Å². The normalized spacial score (nSPS) is 16.0. The van der Waals surface area contributed by atoms with Crippen LogP contribution >= 0.6 is 15.9 Å². The number of halogens is 1. The van der Waals surface area contributed by atoms with Crippen LogP contribution in [0.4, 0.5) is 0 Å². The first-order valence-corrected chi connectivity index (χ1v) is 10.9. The number of piperazine rings is 1. The lowest BCUT2D eigenvalue weighted by atomic mass is 10.1. The van der Waals surface area contributed by atoms with Crippen molar-refractivity contribution in [3.63, 3.8) is 0 Å². The minimum absolute atomic E-state index is 0.101. The Bertz CT molecular complexity index is 930. The van der Waals surface area contributed by atoms with Crippen LogP contribution in [0.15, 0.2) is 64.0 Å². The second-order valence-corrected chi connectivity index (χ2v) is 9.28. The van der Waals surface area contributed by atoms with E-state index in [1.165, 1.54) is 9.87 Å². The van der Waals surface area contributed by atoms with E-state index < -0.39 is 10.0 Å². The van der Waals surface area contributed by atoms with Crippen molar-refractivity contribution in [1.82, 2.24) is 9.21 Å². The predicted octanol–water partition coefficient (Wildman–Crippen LogP) is 3.30. The van der Waals surface area contributed by atoms with Crippen LogP contribution in [0.1, 0.15) is 11.1 Å². The molecule has 0 aliphatic carbocycles. The first-order chi connectivity index (χ1) is 12.9. The Labute approximate surface area is 168 Å². The van der Waals surface area contributed by atoms with E-state index in [2.05, 4.69) is 15.9 Å². The van der Waals surface area contributed by atoms with Gasteiger partial charge in [0, 0.05) is 36.7 Å². The predicted molar refractivity (Wildman–Crippen MR) is 110 cm³/mol. The second-order valence-electron chi connectivity index (χ2n) is 6.43. The molecule has 0 atom stereocenters. The smallest absolute Gasteiger partial charge is 0.246 e. The Morgan fingerprint density at radius 1 is 0.963 bits per heavy atom. The van der Waals surface area contributed by atoms with E-state index in [1.54, 1.807) is 41.3 Å². The molecule has 3 rings (SSSR count). The molecule has 0 spiro atoms. The summed E-state index contributed by atoms with van der Waals surface area (Å²) in [5.41, 5.74) is 2.13. The third kappa shape index (κ3) is 4.86. The average Bonchev–Trinajstić information content (AvgIpc) is 2.68. The van der Waals surface area contributed by atoms with Crippen LogP contribution in [0.2, 0.25) is 0 Å². The zero-order valence-corrected chi connectivity index (χ0v) is 17.4. The van der Waals surface area contributed by atoms with Gasteiger partial charge >= 0.3 is 0 Å². The number of carbonyl (C=O) groups is 1. The average molecular weight is 449 g/mol. The Hall–Kier alpha value is -1.96. The summed E-state index contributed by atoms with van der Waals surface area (Å²) in [6.45, 7) is 3.37. The summed E-state index contributed by atoms with van der Waals surface area (Å²) in [6, 6.07) is 14.5. The fourth-order valence-corrected chi connectivity index (χ4v) is 4.54. The highest BCUT2D eigenvalue weighted by Gasteiger charge is 2.29. The molecule has 2 aromatic rings. The molecule has 1 amide bonds. The topological polar surface area (TPSA) is 57.7 Å². The molecular weight excluding hydrogens is 428 g/mol. The first kappa shape index (κ1) is 19.8. The quantitative estimate of drug-likeness (QED) is 0.674. The molecule has 2 aromatic carbocycles. The molecule has 1 fully saturated rings. The van der Waals surface area contributed by atoms with Gasteiger partial charge in [-0.2, -0.15) is 4.31 Å². The first-order valence-electron chi connectivity index (χ1n) is 8.66. The Kier molecular flexibility index (Phi) is 6.14. The molecule has 142 valence electrons. The van der Waals surface area contributed by atoms with Gasteiger partial charge in [-0.15, -0.1) is 0 Å². The van der Waals surface area contributed by atoms with E-state index in [-0.39, 0.29) is 10.8 Å². The molecular formula is C20H21BrN2O3S. The standard InChI is InChI=1S/C20H21BrN2O3S/c1-16-2-4-17(5-3-16)6-11-20(24)22-12-14-23(15-13-22)27(25,26)19-9-7-18(21)8-10-19/h2-11H,12-15H2,1H3/b11-6+. The van der Waals surface area contributed by atoms with E-state index in [0.29, 0.717) is 26.2 Å². The zero-order valence-electron chi connectivity index (χ0n) is 15.0. The lowest BCUT2D eigenvalue weighted by molar-refractivity contribution is -0.127. The summed E-state index contributed by atoms with van der Waals surface area (Å²) >= 11 is 3.31. The zero-order chi connectivity index (χ0) is 19.4. The molecule has 1 heterocycles. The minimum Gasteiger partial charge on any atom is -0.337 e. The van der Waals surface area contributed by atoms with E-state index in [9.17, 15) is 13.2 Å². The minimum atomic E-state index is -3.53. The maximum absolute atomic E-state index is 12.7. The maximum Gasteiger partial charge on any atom is 0.246 e. The van der Waals surface area contributed by atoms with E-state index in [1.807, 2.05) is 31.2 Å². The van der Waals surface area contributed by atoms with Gasteiger partial charge in [0.25, 0.3) is 0 Å². The Morgan fingerprint density at radius 2 is 1.56 bits per heavy atom. The number of benzene rings is 2. The molecule has 0 saturated carbocycles. The van der Waals surface area contributed by atoms with Gasteiger partial charge in [-0.05, 0) is 42.8 Å². The van der Waals surface area contributed by atoms with Crippen molar-refractivity contribution >= 4 is 37.9 Å². The van der Waals surface area contributed by atoms with Crippen LogP contribution in [0, 0.1) is 6.92 Å². The monoisotopic (exact) mass is 448 g/mol. The van der Waals surface area contributed by atoms with Crippen LogP contribution < -0.4 is 0 Å². The lowest BCUT2D eigenvalue weighted by Crippen LogP contribution is -2.50. The summed E-state index contributed by atoms with van der Waals surface area (Å²) in [4.78, 5) is 14.3. The van der Waals surface area contributed by atoms with Crippen molar-refractivity contribution in [2.24, 2.45) is 0 Å². The number of hydrogen-bond donors (Lipinski definition) is 0. The molecule has 27 heavy (non-hydrogen) atoms. The Morgan fingerprint density at radius 3 is 2.15 bits per heavy atom. The van der Waals surface area contributed by atoms with Gasteiger partial charge in [0.15, 0.2) is 0 Å². The number of carbonyl (C=O) groups excluding carboxylic acids is 1. The molecule has 1 saturated heterocycles. The third-order valence-corrected chi connectivity index (χ3v) is 6.94. The molecule has 0 radical (unpaired) electrons. The van der Waals surface area contributed by atoms with Crippen LogP contribution in [-0.2, 0) is 14.8 Å². The molecule has 7 heteroatoms. The summed E-state index contributed by atoms with van der Waals surface area (Å²) < 4.78 is 27.7. The number of aryl methyl sites for hydroxylation is 1. The number of rotatable bonds is 4. The summed E-state index contributed by atoms with van der Waals surface area (Å²) in [5.74, 6) is -0.101.